The molecule has 0 spiro atoms. The molecule has 0 aliphatic rings. The van der Waals surface area contributed by atoms with Crippen molar-refractivity contribution in [1.29, 1.82) is 0 Å². The summed E-state index contributed by atoms with van der Waals surface area (Å²) >= 11 is 4.96. The second-order valence-electron chi connectivity index (χ2n) is 3.76. The highest BCUT2D eigenvalue weighted by molar-refractivity contribution is 9.10. The van der Waals surface area contributed by atoms with Crippen LogP contribution in [0.1, 0.15) is 16.5 Å². The maximum absolute atomic E-state index is 12.0. The lowest BCUT2D eigenvalue weighted by atomic mass is 10.0. The Hall–Kier alpha value is -0.980. The van der Waals surface area contributed by atoms with E-state index in [2.05, 4.69) is 21.0 Å². The van der Waals surface area contributed by atoms with Gasteiger partial charge in [-0.25, -0.2) is 0 Å². The summed E-state index contributed by atoms with van der Waals surface area (Å²) in [5.74, 6) is 0.00106. The molecule has 6 heteroatoms. The molecule has 2 heterocycles. The number of aryl methyl sites for hydroxylation is 1. The van der Waals surface area contributed by atoms with Crippen molar-refractivity contribution in [3.8, 4) is 0 Å². The highest BCUT2D eigenvalue weighted by Crippen LogP contribution is 2.24. The van der Waals surface area contributed by atoms with Gasteiger partial charge in [0.25, 0.3) is 0 Å². The zero-order valence-electron chi connectivity index (χ0n) is 9.26. The Balaban J connectivity index is 2.08. The summed E-state index contributed by atoms with van der Waals surface area (Å²) < 4.78 is 2.61. The largest absolute Gasteiger partial charge is 0.318 e. The quantitative estimate of drug-likeness (QED) is 0.939. The number of halogens is 1. The molecule has 2 aromatic heterocycles. The maximum Gasteiger partial charge on any atom is 0.159 e. The van der Waals surface area contributed by atoms with Gasteiger partial charge in [-0.1, -0.05) is 0 Å². The van der Waals surface area contributed by atoms with E-state index in [1.165, 1.54) is 0 Å². The smallest absolute Gasteiger partial charge is 0.159 e. The third-order valence-corrected chi connectivity index (χ3v) is 4.38. The van der Waals surface area contributed by atoms with E-state index in [1.54, 1.807) is 35.5 Å². The Labute approximate surface area is 112 Å². The Morgan fingerprint density at radius 2 is 2.47 bits per heavy atom. The van der Waals surface area contributed by atoms with Crippen LogP contribution in [0.5, 0.6) is 0 Å². The van der Waals surface area contributed by atoms with Crippen molar-refractivity contribution >= 4 is 33.0 Å². The second kappa shape index (κ2) is 5.12. The summed E-state index contributed by atoms with van der Waals surface area (Å²) in [6.07, 6.45) is 3.76. The Morgan fingerprint density at radius 1 is 1.71 bits per heavy atom. The summed E-state index contributed by atoms with van der Waals surface area (Å²) in [4.78, 5) is 13.0. The summed E-state index contributed by atoms with van der Waals surface area (Å²) in [6.45, 7) is 0. The molecule has 4 nitrogen and oxygen atoms in total. The Kier molecular flexibility index (Phi) is 3.76. The average molecular weight is 314 g/mol. The lowest BCUT2D eigenvalue weighted by Crippen LogP contribution is -2.22. The van der Waals surface area contributed by atoms with Gasteiger partial charge in [-0.15, -0.1) is 11.3 Å². The van der Waals surface area contributed by atoms with Crippen LogP contribution >= 0.6 is 27.3 Å². The van der Waals surface area contributed by atoms with Gasteiger partial charge in [-0.3, -0.25) is 9.48 Å². The van der Waals surface area contributed by atoms with Crippen molar-refractivity contribution in [3.05, 3.63) is 38.8 Å². The summed E-state index contributed by atoms with van der Waals surface area (Å²) in [6, 6.07) is 1.33. The number of rotatable bonds is 4. The van der Waals surface area contributed by atoms with Crippen molar-refractivity contribution in [2.24, 2.45) is 12.8 Å². The molecule has 0 saturated heterocycles. The molecule has 0 amide bonds. The topological polar surface area (TPSA) is 60.9 Å². The first-order chi connectivity index (χ1) is 8.08. The molecule has 2 rings (SSSR count). The second-order valence-corrected chi connectivity index (χ2v) is 5.61. The van der Waals surface area contributed by atoms with E-state index in [4.69, 9.17) is 5.73 Å². The lowest BCUT2D eigenvalue weighted by Gasteiger charge is -2.07. The minimum Gasteiger partial charge on any atom is -0.318 e. The third-order valence-electron chi connectivity index (χ3n) is 2.46. The molecule has 2 N–H and O–H groups in total. The van der Waals surface area contributed by atoms with E-state index in [1.807, 2.05) is 11.4 Å². The van der Waals surface area contributed by atoms with Crippen LogP contribution in [0.4, 0.5) is 0 Å². The number of nitrogens with two attached hydrogens (primary N) is 1. The van der Waals surface area contributed by atoms with Gasteiger partial charge >= 0.3 is 0 Å². The van der Waals surface area contributed by atoms with E-state index in [9.17, 15) is 4.79 Å². The van der Waals surface area contributed by atoms with Crippen LogP contribution in [0.3, 0.4) is 0 Å². The van der Waals surface area contributed by atoms with Gasteiger partial charge in [-0.05, 0) is 27.4 Å². The fourth-order valence-corrected chi connectivity index (χ4v) is 3.01. The minimum absolute atomic E-state index is 0.00106. The number of Topliss-reactive ketones (excluding diaryl/α,β-unsaturated/α-hetero) is 1. The SMILES string of the molecule is Cn1cc(C(N)C(=O)Cc2sccc2Br)cn1. The molecule has 0 fully saturated rings. The third kappa shape index (κ3) is 2.83. The number of hydrogen-bond donors (Lipinski definition) is 1. The van der Waals surface area contributed by atoms with Gasteiger partial charge in [0, 0.05) is 34.6 Å². The normalized spacial score (nSPS) is 12.6. The monoisotopic (exact) mass is 313 g/mol. The number of ketones is 1. The van der Waals surface area contributed by atoms with Gasteiger partial charge in [0.05, 0.1) is 12.2 Å². The van der Waals surface area contributed by atoms with Crippen LogP contribution in [-0.4, -0.2) is 15.6 Å². The fourth-order valence-electron chi connectivity index (χ4n) is 1.51. The molecule has 90 valence electrons. The van der Waals surface area contributed by atoms with Gasteiger partial charge in [-0.2, -0.15) is 5.10 Å². The zero-order valence-corrected chi connectivity index (χ0v) is 11.7. The first-order valence-corrected chi connectivity index (χ1v) is 6.74. The number of thiophene rings is 1. The van der Waals surface area contributed by atoms with Crippen LogP contribution in [0.25, 0.3) is 0 Å². The predicted molar refractivity (Wildman–Crippen MR) is 70.9 cm³/mol. The van der Waals surface area contributed by atoms with E-state index in [0.717, 1.165) is 14.9 Å². The van der Waals surface area contributed by atoms with Crippen LogP contribution < -0.4 is 5.73 Å². The van der Waals surface area contributed by atoms with Crippen LogP contribution in [0.15, 0.2) is 28.3 Å². The van der Waals surface area contributed by atoms with E-state index >= 15 is 0 Å². The number of aromatic nitrogens is 2. The molecule has 0 saturated carbocycles. The molecule has 2 aromatic rings. The fraction of sp³-hybridized carbons (Fsp3) is 0.273. The standard InChI is InChI=1S/C11H12BrN3OS/c1-15-6-7(5-14-15)11(13)9(16)4-10-8(12)2-3-17-10/h2-3,5-6,11H,4,13H2,1H3. The molecule has 17 heavy (non-hydrogen) atoms. The number of carbonyl (C=O) groups is 1. The minimum atomic E-state index is -0.599. The molecule has 0 bridgehead atoms. The lowest BCUT2D eigenvalue weighted by molar-refractivity contribution is -0.119. The molecule has 1 unspecified atom stereocenters. The summed E-state index contributed by atoms with van der Waals surface area (Å²) in [5, 5.41) is 5.96. The van der Waals surface area contributed by atoms with Gasteiger partial charge in [0.15, 0.2) is 5.78 Å². The first-order valence-electron chi connectivity index (χ1n) is 5.06. The molecule has 0 aliphatic carbocycles. The van der Waals surface area contributed by atoms with Crippen molar-refractivity contribution in [2.75, 3.05) is 0 Å². The van der Waals surface area contributed by atoms with Crippen molar-refractivity contribution in [3.63, 3.8) is 0 Å². The zero-order chi connectivity index (χ0) is 12.4. The first kappa shape index (κ1) is 12.5. The molecule has 0 aliphatic heterocycles. The van der Waals surface area contributed by atoms with E-state index in [0.29, 0.717) is 6.42 Å². The Bertz CT molecular complexity index is 534. The number of carbonyl (C=O) groups excluding carboxylic acids is 1. The average Bonchev–Trinajstić information content (AvgIpc) is 2.88. The summed E-state index contributed by atoms with van der Waals surface area (Å²) in [7, 11) is 1.80. The van der Waals surface area contributed by atoms with Gasteiger partial charge in [0.1, 0.15) is 0 Å². The maximum atomic E-state index is 12.0. The molecule has 1 atom stereocenters. The summed E-state index contributed by atoms with van der Waals surface area (Å²) in [5.41, 5.74) is 6.66. The van der Waals surface area contributed by atoms with E-state index in [-0.39, 0.29) is 5.78 Å². The van der Waals surface area contributed by atoms with Crippen molar-refractivity contribution in [1.82, 2.24) is 9.78 Å². The molecular weight excluding hydrogens is 302 g/mol. The van der Waals surface area contributed by atoms with Crippen molar-refractivity contribution in [2.45, 2.75) is 12.5 Å². The van der Waals surface area contributed by atoms with Crippen molar-refractivity contribution < 1.29 is 4.79 Å². The van der Waals surface area contributed by atoms with Gasteiger partial charge in [0.2, 0.25) is 0 Å². The van der Waals surface area contributed by atoms with Crippen LogP contribution in [0, 0.1) is 0 Å². The molecule has 0 aromatic carbocycles. The Morgan fingerprint density at radius 3 is 3.00 bits per heavy atom. The number of hydrogen-bond acceptors (Lipinski definition) is 4. The predicted octanol–water partition coefficient (Wildman–Crippen LogP) is 2.06. The van der Waals surface area contributed by atoms with Crippen LogP contribution in [-0.2, 0) is 18.3 Å². The molecular formula is C11H12BrN3OS. The molecule has 0 radical (unpaired) electrons. The van der Waals surface area contributed by atoms with Crippen LogP contribution in [0.2, 0.25) is 0 Å². The number of nitrogens with zero attached hydrogens (tertiary/aromatic N) is 2. The van der Waals surface area contributed by atoms with E-state index < -0.39 is 6.04 Å². The van der Waals surface area contributed by atoms with Gasteiger partial charge < -0.3 is 5.73 Å². The highest BCUT2D eigenvalue weighted by atomic mass is 79.9. The highest BCUT2D eigenvalue weighted by Gasteiger charge is 2.19.